The number of alkyl halides is 3. The van der Waals surface area contributed by atoms with E-state index in [2.05, 4.69) is 4.98 Å². The van der Waals surface area contributed by atoms with Gasteiger partial charge < -0.3 is 4.90 Å². The first kappa shape index (κ1) is 21.0. The van der Waals surface area contributed by atoms with Gasteiger partial charge in [-0.1, -0.05) is 6.07 Å². The lowest BCUT2D eigenvalue weighted by Crippen LogP contribution is -2.49. The molecule has 0 aliphatic carbocycles. The summed E-state index contributed by atoms with van der Waals surface area (Å²) in [5.41, 5.74) is -0.784. The van der Waals surface area contributed by atoms with E-state index in [1.165, 1.54) is 22.5 Å². The van der Waals surface area contributed by atoms with Crippen molar-refractivity contribution in [3.05, 3.63) is 57.8 Å². The fourth-order valence-electron chi connectivity index (χ4n) is 3.02. The van der Waals surface area contributed by atoms with E-state index < -0.39 is 26.7 Å². The van der Waals surface area contributed by atoms with E-state index in [0.717, 1.165) is 18.3 Å². The molecule has 1 aromatic carbocycles. The van der Waals surface area contributed by atoms with Gasteiger partial charge in [0, 0.05) is 44.5 Å². The standard InChI is InChI=1S/C17H17F3N4O4S/c1-12-2-4-14(24(25)26)10-15(12)29(27,28)23-8-6-22(7-9-23)16-5-3-13(11-21-16)17(18,19)20/h2-5,10-11H,6-9H2,1H3. The molecule has 1 fully saturated rings. The zero-order valence-electron chi connectivity index (χ0n) is 15.3. The second-order valence-electron chi connectivity index (χ2n) is 6.50. The number of nitro groups is 1. The lowest BCUT2D eigenvalue weighted by Gasteiger charge is -2.34. The smallest absolute Gasteiger partial charge is 0.354 e. The maximum absolute atomic E-state index is 12.9. The number of hydrogen-bond donors (Lipinski definition) is 0. The number of hydrogen-bond acceptors (Lipinski definition) is 6. The predicted octanol–water partition coefficient (Wildman–Crippen LogP) is 2.83. The van der Waals surface area contributed by atoms with Crippen molar-refractivity contribution in [2.24, 2.45) is 0 Å². The number of nitro benzene ring substituents is 1. The quantitative estimate of drug-likeness (QED) is 0.547. The van der Waals surface area contributed by atoms with Crippen LogP contribution in [0.15, 0.2) is 41.4 Å². The largest absolute Gasteiger partial charge is 0.417 e. The van der Waals surface area contributed by atoms with Crippen LogP contribution < -0.4 is 4.90 Å². The van der Waals surface area contributed by atoms with Crippen LogP contribution in [-0.2, 0) is 16.2 Å². The normalized spacial score (nSPS) is 16.1. The molecule has 156 valence electrons. The molecule has 0 bridgehead atoms. The number of anilines is 1. The minimum Gasteiger partial charge on any atom is -0.354 e. The molecule has 1 aliphatic rings. The van der Waals surface area contributed by atoms with Gasteiger partial charge in [0.05, 0.1) is 15.4 Å². The molecule has 0 spiro atoms. The predicted molar refractivity (Wildman–Crippen MR) is 98.0 cm³/mol. The van der Waals surface area contributed by atoms with Gasteiger partial charge in [0.25, 0.3) is 5.69 Å². The summed E-state index contributed by atoms with van der Waals surface area (Å²) in [6.07, 6.45) is -3.74. The molecule has 8 nitrogen and oxygen atoms in total. The van der Waals surface area contributed by atoms with Crippen molar-refractivity contribution >= 4 is 21.5 Å². The van der Waals surface area contributed by atoms with Crippen molar-refractivity contribution in [3.8, 4) is 0 Å². The highest BCUT2D eigenvalue weighted by molar-refractivity contribution is 7.89. The first-order valence-electron chi connectivity index (χ1n) is 8.53. The number of aryl methyl sites for hydroxylation is 1. The van der Waals surface area contributed by atoms with E-state index in [-0.39, 0.29) is 36.8 Å². The first-order valence-corrected chi connectivity index (χ1v) is 9.97. The van der Waals surface area contributed by atoms with Gasteiger partial charge in [-0.2, -0.15) is 17.5 Å². The molecular formula is C17H17F3N4O4S. The summed E-state index contributed by atoms with van der Waals surface area (Å²) in [4.78, 5) is 15.7. The molecule has 29 heavy (non-hydrogen) atoms. The van der Waals surface area contributed by atoms with E-state index in [9.17, 15) is 31.7 Å². The second kappa shape index (κ2) is 7.59. The summed E-state index contributed by atoms with van der Waals surface area (Å²) >= 11 is 0. The SMILES string of the molecule is Cc1ccc([N+](=O)[O-])cc1S(=O)(=O)N1CCN(c2ccc(C(F)(F)F)cn2)CC1. The van der Waals surface area contributed by atoms with Crippen LogP contribution >= 0.6 is 0 Å². The Morgan fingerprint density at radius 2 is 1.76 bits per heavy atom. The maximum atomic E-state index is 12.9. The zero-order valence-corrected chi connectivity index (χ0v) is 16.1. The van der Waals surface area contributed by atoms with Crippen molar-refractivity contribution in [1.29, 1.82) is 0 Å². The Balaban J connectivity index is 1.75. The van der Waals surface area contributed by atoms with Crippen LogP contribution in [0.25, 0.3) is 0 Å². The summed E-state index contributed by atoms with van der Waals surface area (Å²) < 4.78 is 65.0. The Hall–Kier alpha value is -2.73. The van der Waals surface area contributed by atoms with Gasteiger partial charge in [0.15, 0.2) is 0 Å². The second-order valence-corrected chi connectivity index (χ2v) is 8.41. The number of nitrogens with zero attached hydrogens (tertiary/aromatic N) is 4. The van der Waals surface area contributed by atoms with Gasteiger partial charge >= 0.3 is 6.18 Å². The van der Waals surface area contributed by atoms with Crippen molar-refractivity contribution in [2.75, 3.05) is 31.1 Å². The first-order chi connectivity index (χ1) is 13.5. The zero-order chi connectivity index (χ0) is 21.4. The van der Waals surface area contributed by atoms with Gasteiger partial charge in [-0.05, 0) is 24.6 Å². The number of benzene rings is 1. The number of pyridine rings is 1. The summed E-state index contributed by atoms with van der Waals surface area (Å²) in [6.45, 7) is 2.16. The van der Waals surface area contributed by atoms with Crippen LogP contribution in [0.4, 0.5) is 24.7 Å². The Kier molecular flexibility index (Phi) is 5.50. The lowest BCUT2D eigenvalue weighted by molar-refractivity contribution is -0.385. The fourth-order valence-corrected chi connectivity index (χ4v) is 4.68. The van der Waals surface area contributed by atoms with Crippen LogP contribution in [0.1, 0.15) is 11.1 Å². The monoisotopic (exact) mass is 430 g/mol. The van der Waals surface area contributed by atoms with Gasteiger partial charge in [-0.15, -0.1) is 0 Å². The number of sulfonamides is 1. The third-order valence-electron chi connectivity index (χ3n) is 4.64. The van der Waals surface area contributed by atoms with Gasteiger partial charge in [-0.25, -0.2) is 13.4 Å². The minimum absolute atomic E-state index is 0.0766. The molecule has 0 unspecified atom stereocenters. The Labute approximate surface area is 164 Å². The molecule has 1 aromatic heterocycles. The lowest BCUT2D eigenvalue weighted by atomic mass is 10.2. The Bertz CT molecular complexity index is 1020. The number of non-ortho nitro benzene ring substituents is 1. The highest BCUT2D eigenvalue weighted by Crippen LogP contribution is 2.30. The topological polar surface area (TPSA) is 96.6 Å². The van der Waals surface area contributed by atoms with Crippen molar-refractivity contribution in [2.45, 2.75) is 18.0 Å². The highest BCUT2D eigenvalue weighted by atomic mass is 32.2. The van der Waals surface area contributed by atoms with Crippen LogP contribution in [-0.4, -0.2) is 48.8 Å². The summed E-state index contributed by atoms with van der Waals surface area (Å²) in [6, 6.07) is 5.83. The van der Waals surface area contributed by atoms with Gasteiger partial charge in [0.1, 0.15) is 5.82 Å². The number of halogens is 3. The Morgan fingerprint density at radius 3 is 2.28 bits per heavy atom. The van der Waals surface area contributed by atoms with E-state index in [4.69, 9.17) is 0 Å². The van der Waals surface area contributed by atoms with Crippen LogP contribution in [0, 0.1) is 17.0 Å². The summed E-state index contributed by atoms with van der Waals surface area (Å²) in [5, 5.41) is 11.0. The molecule has 0 saturated carbocycles. The van der Waals surface area contributed by atoms with E-state index in [1.54, 1.807) is 11.8 Å². The van der Waals surface area contributed by atoms with Crippen LogP contribution in [0.2, 0.25) is 0 Å². The molecule has 2 heterocycles. The number of rotatable bonds is 4. The highest BCUT2D eigenvalue weighted by Gasteiger charge is 2.33. The van der Waals surface area contributed by atoms with Gasteiger partial charge in [0.2, 0.25) is 10.0 Å². The molecule has 0 radical (unpaired) electrons. The van der Waals surface area contributed by atoms with Gasteiger partial charge in [-0.3, -0.25) is 10.1 Å². The molecular weight excluding hydrogens is 413 g/mol. The van der Waals surface area contributed by atoms with E-state index >= 15 is 0 Å². The average Bonchev–Trinajstić information content (AvgIpc) is 2.67. The average molecular weight is 430 g/mol. The molecule has 12 heteroatoms. The third-order valence-corrected chi connectivity index (χ3v) is 6.68. The van der Waals surface area contributed by atoms with Crippen molar-refractivity contribution in [3.63, 3.8) is 0 Å². The van der Waals surface area contributed by atoms with Crippen LogP contribution in [0.3, 0.4) is 0 Å². The molecule has 1 aliphatic heterocycles. The molecule has 0 amide bonds. The van der Waals surface area contributed by atoms with Crippen molar-refractivity contribution < 1.29 is 26.5 Å². The summed E-state index contributed by atoms with van der Waals surface area (Å²) in [5.74, 6) is 0.321. The maximum Gasteiger partial charge on any atom is 0.417 e. The number of aromatic nitrogens is 1. The molecule has 0 N–H and O–H groups in total. The fraction of sp³-hybridized carbons (Fsp3) is 0.353. The molecule has 2 aromatic rings. The Morgan fingerprint density at radius 1 is 1.10 bits per heavy atom. The molecule has 3 rings (SSSR count). The molecule has 1 saturated heterocycles. The van der Waals surface area contributed by atoms with E-state index in [1.807, 2.05) is 0 Å². The third kappa shape index (κ3) is 4.32. The number of piperazine rings is 1. The minimum atomic E-state index is -4.48. The molecule has 0 atom stereocenters. The van der Waals surface area contributed by atoms with E-state index in [0.29, 0.717) is 11.4 Å². The van der Waals surface area contributed by atoms with Crippen LogP contribution in [0.5, 0.6) is 0 Å². The summed E-state index contributed by atoms with van der Waals surface area (Å²) in [7, 11) is -3.95. The van der Waals surface area contributed by atoms with Crippen molar-refractivity contribution in [1.82, 2.24) is 9.29 Å².